The lowest BCUT2D eigenvalue weighted by Crippen LogP contribution is -3.00. The van der Waals surface area contributed by atoms with Gasteiger partial charge in [-0.25, -0.2) is 0 Å². The number of halogens is 1. The average Bonchev–Trinajstić information content (AvgIpc) is 3.18. The van der Waals surface area contributed by atoms with Gasteiger partial charge in [0.15, 0.2) is 0 Å². The summed E-state index contributed by atoms with van der Waals surface area (Å²) < 4.78 is 0. The van der Waals surface area contributed by atoms with Gasteiger partial charge in [0.05, 0.1) is 6.16 Å². The van der Waals surface area contributed by atoms with Crippen molar-refractivity contribution >= 4 is 7.26 Å². The van der Waals surface area contributed by atoms with Crippen molar-refractivity contribution in [3.63, 3.8) is 0 Å². The Kier molecular flexibility index (Phi) is 55.5. The van der Waals surface area contributed by atoms with Crippen LogP contribution >= 0.6 is 7.26 Å². The molecule has 0 radical (unpaired) electrons. The zero-order chi connectivity index (χ0) is 40.6. The molecule has 0 bridgehead atoms. The Hall–Kier alpha value is 0.720. The third-order valence-electron chi connectivity index (χ3n) is 13.2. The molecule has 0 saturated carbocycles. The van der Waals surface area contributed by atoms with E-state index in [0.29, 0.717) is 0 Å². The van der Waals surface area contributed by atoms with Gasteiger partial charge in [-0.3, -0.25) is 0 Å². The highest BCUT2D eigenvalue weighted by molar-refractivity contribution is 7.73. The summed E-state index contributed by atoms with van der Waals surface area (Å²) in [4.78, 5) is 0. The van der Waals surface area contributed by atoms with Crippen LogP contribution in [0.2, 0.25) is 0 Å². The summed E-state index contributed by atoms with van der Waals surface area (Å²) in [5, 5.41) is 0. The Morgan fingerprint density at radius 1 is 0.175 bits per heavy atom. The first-order valence-corrected chi connectivity index (χ1v) is 30.7. The summed E-state index contributed by atoms with van der Waals surface area (Å²) in [5.41, 5.74) is 0. The summed E-state index contributed by atoms with van der Waals surface area (Å²) in [6, 6.07) is 0. The Morgan fingerprint density at radius 2 is 0.281 bits per heavy atom. The summed E-state index contributed by atoms with van der Waals surface area (Å²) >= 11 is 0. The highest BCUT2D eigenvalue weighted by Crippen LogP contribution is 2.47. The van der Waals surface area contributed by atoms with E-state index in [9.17, 15) is 0 Å². The van der Waals surface area contributed by atoms with Crippen LogP contribution in [0.5, 0.6) is 0 Å². The van der Waals surface area contributed by atoms with Crippen LogP contribution in [0.4, 0.5) is 0 Å². The molecule has 0 amide bonds. The zero-order valence-electron chi connectivity index (χ0n) is 40.9. The van der Waals surface area contributed by atoms with E-state index in [0.717, 1.165) is 0 Å². The Morgan fingerprint density at radius 3 is 0.386 bits per heavy atom. The Balaban J connectivity index is 0. The predicted molar refractivity (Wildman–Crippen MR) is 266 cm³/mol. The minimum atomic E-state index is -0.525. The lowest BCUT2D eigenvalue weighted by molar-refractivity contribution is -0.0000126. The first-order chi connectivity index (χ1) is 27.6. The van der Waals surface area contributed by atoms with Gasteiger partial charge < -0.3 is 12.4 Å². The molecular formula is C55H114ClP. The molecular weight excluding hydrogens is 727 g/mol. The SMILES string of the molecule is CCCCCCCCCCCCCCCCCCCCCCCCCCCCCCCCCCCCCCCCCCCCCCCCCCCC[P+](C)(C)C.[Cl-]. The smallest absolute Gasteiger partial charge is 0.0586 e. The molecule has 0 aromatic rings. The fraction of sp³-hybridized carbons (Fsp3) is 1.00. The normalized spacial score (nSPS) is 11.8. The van der Waals surface area contributed by atoms with Crippen LogP contribution in [-0.4, -0.2) is 26.2 Å². The van der Waals surface area contributed by atoms with E-state index in [4.69, 9.17) is 0 Å². The minimum Gasteiger partial charge on any atom is -1.00 e. The van der Waals surface area contributed by atoms with Crippen LogP contribution in [0.25, 0.3) is 0 Å². The van der Waals surface area contributed by atoms with E-state index >= 15 is 0 Å². The fourth-order valence-electron chi connectivity index (χ4n) is 9.14. The Bertz CT molecular complexity index is 670. The number of unbranched alkanes of at least 4 members (excludes halogenated alkanes) is 49. The van der Waals surface area contributed by atoms with E-state index in [1.165, 1.54) is 327 Å². The van der Waals surface area contributed by atoms with Crippen molar-refractivity contribution in [2.45, 2.75) is 328 Å². The molecule has 2 heteroatoms. The second kappa shape index (κ2) is 52.9. The van der Waals surface area contributed by atoms with E-state index < -0.39 is 7.26 Å². The highest BCUT2D eigenvalue weighted by Gasteiger charge is 2.15. The molecule has 346 valence electrons. The lowest BCUT2D eigenvalue weighted by atomic mass is 10.0. The first kappa shape index (κ1) is 59.8. The molecule has 0 aromatic heterocycles. The first-order valence-electron chi connectivity index (χ1n) is 27.4. The topological polar surface area (TPSA) is 0 Å². The molecule has 0 fully saturated rings. The fourth-order valence-corrected chi connectivity index (χ4v) is 10.3. The van der Waals surface area contributed by atoms with E-state index in [2.05, 4.69) is 26.9 Å². The summed E-state index contributed by atoms with van der Waals surface area (Å²) in [5.74, 6) is 0. The molecule has 57 heavy (non-hydrogen) atoms. The molecule has 0 atom stereocenters. The monoisotopic (exact) mass is 841 g/mol. The molecule has 0 heterocycles. The van der Waals surface area contributed by atoms with Gasteiger partial charge in [0.1, 0.15) is 0 Å². The largest absolute Gasteiger partial charge is 1.00 e. The van der Waals surface area contributed by atoms with Gasteiger partial charge in [-0.2, -0.15) is 0 Å². The molecule has 0 unspecified atom stereocenters. The zero-order valence-corrected chi connectivity index (χ0v) is 42.5. The van der Waals surface area contributed by atoms with Gasteiger partial charge in [0.25, 0.3) is 0 Å². The van der Waals surface area contributed by atoms with Crippen LogP contribution in [0, 0.1) is 0 Å². The lowest BCUT2D eigenvalue weighted by Gasteiger charge is -2.10. The summed E-state index contributed by atoms with van der Waals surface area (Å²) in [7, 11) is -0.525. The van der Waals surface area contributed by atoms with Gasteiger partial charge in [-0.15, -0.1) is 0 Å². The molecule has 0 aliphatic carbocycles. The van der Waals surface area contributed by atoms with Gasteiger partial charge in [0.2, 0.25) is 0 Å². The van der Waals surface area contributed by atoms with Crippen molar-refractivity contribution in [2.24, 2.45) is 0 Å². The van der Waals surface area contributed by atoms with E-state index in [-0.39, 0.29) is 12.4 Å². The van der Waals surface area contributed by atoms with Crippen molar-refractivity contribution < 1.29 is 12.4 Å². The third kappa shape index (κ3) is 58.9. The van der Waals surface area contributed by atoms with Crippen LogP contribution in [0.3, 0.4) is 0 Å². The maximum absolute atomic E-state index is 2.49. The molecule has 0 aliphatic heterocycles. The maximum Gasteiger partial charge on any atom is 0.0586 e. The van der Waals surface area contributed by atoms with Crippen LogP contribution in [-0.2, 0) is 0 Å². The molecule has 0 rings (SSSR count). The molecule has 0 N–H and O–H groups in total. The number of hydrogen-bond acceptors (Lipinski definition) is 0. The standard InChI is InChI=1S/C55H114P.ClH/c1-5-6-7-8-9-10-11-12-13-14-15-16-17-18-19-20-21-22-23-24-25-26-27-28-29-30-31-32-33-34-35-36-37-38-39-40-41-42-43-44-45-46-47-48-49-50-51-52-53-54-55-56(2,3)4;/h5-55H2,1-4H3;1H/q+1;/p-1. The van der Waals surface area contributed by atoms with Gasteiger partial charge in [-0.05, 0) is 12.8 Å². The second-order valence-electron chi connectivity index (χ2n) is 20.3. The molecule has 0 saturated heterocycles. The second-order valence-corrected chi connectivity index (χ2v) is 25.4. The van der Waals surface area contributed by atoms with Crippen LogP contribution in [0.15, 0.2) is 0 Å². The van der Waals surface area contributed by atoms with Gasteiger partial charge in [0, 0.05) is 27.3 Å². The van der Waals surface area contributed by atoms with Crippen molar-refractivity contribution in [2.75, 3.05) is 26.2 Å². The Labute approximate surface area is 372 Å². The van der Waals surface area contributed by atoms with E-state index in [1.54, 1.807) is 0 Å². The highest BCUT2D eigenvalue weighted by atomic mass is 35.5. The number of hydrogen-bond donors (Lipinski definition) is 0. The van der Waals surface area contributed by atoms with Gasteiger partial charge in [-0.1, -0.05) is 315 Å². The van der Waals surface area contributed by atoms with Gasteiger partial charge >= 0.3 is 0 Å². The number of rotatable bonds is 51. The maximum atomic E-state index is 2.49. The summed E-state index contributed by atoms with van der Waals surface area (Å²) in [6.45, 7) is 9.77. The third-order valence-corrected chi connectivity index (χ3v) is 14.8. The quantitative estimate of drug-likeness (QED) is 0.0423. The molecule has 0 spiro atoms. The van der Waals surface area contributed by atoms with E-state index in [1.807, 2.05) is 0 Å². The van der Waals surface area contributed by atoms with Crippen molar-refractivity contribution in [3.8, 4) is 0 Å². The average molecular weight is 842 g/mol. The molecule has 0 aromatic carbocycles. The predicted octanol–water partition coefficient (Wildman–Crippen LogP) is 18.4. The van der Waals surface area contributed by atoms with Crippen molar-refractivity contribution in [3.05, 3.63) is 0 Å². The summed E-state index contributed by atoms with van der Waals surface area (Å²) in [6.07, 6.45) is 76.1. The molecule has 0 aliphatic rings. The van der Waals surface area contributed by atoms with Crippen molar-refractivity contribution in [1.29, 1.82) is 0 Å². The minimum absolute atomic E-state index is 0. The molecule has 0 nitrogen and oxygen atoms in total. The van der Waals surface area contributed by atoms with Crippen molar-refractivity contribution in [1.82, 2.24) is 0 Å². The van der Waals surface area contributed by atoms with Crippen LogP contribution < -0.4 is 12.4 Å². The van der Waals surface area contributed by atoms with Crippen LogP contribution in [0.1, 0.15) is 328 Å².